The minimum absolute atomic E-state index is 0.126. The third kappa shape index (κ3) is 2.63. The smallest absolute Gasteiger partial charge is 0.311 e. The highest BCUT2D eigenvalue weighted by molar-refractivity contribution is 5.85. The van der Waals surface area contributed by atoms with E-state index < -0.39 is 11.4 Å². The van der Waals surface area contributed by atoms with Gasteiger partial charge in [0.15, 0.2) is 0 Å². The van der Waals surface area contributed by atoms with E-state index in [-0.39, 0.29) is 16.7 Å². The molecule has 0 heterocycles. The van der Waals surface area contributed by atoms with Gasteiger partial charge in [0.05, 0.1) is 10.8 Å². The molecule has 5 saturated carbocycles. The molecule has 5 aliphatic rings. The van der Waals surface area contributed by atoms with Crippen LogP contribution in [0.15, 0.2) is 24.3 Å². The first-order chi connectivity index (χ1) is 12.8. The van der Waals surface area contributed by atoms with E-state index in [4.69, 9.17) is 0 Å². The monoisotopic (exact) mass is 367 g/mol. The molecule has 2 unspecified atom stereocenters. The summed E-state index contributed by atoms with van der Waals surface area (Å²) in [7, 11) is 0. The molecule has 2 atom stereocenters. The van der Waals surface area contributed by atoms with Crippen molar-refractivity contribution >= 4 is 11.9 Å². The number of hydrogen-bond acceptors (Lipinski definition) is 2. The Morgan fingerprint density at radius 3 is 2.26 bits per heavy atom. The van der Waals surface area contributed by atoms with Crippen LogP contribution in [0.4, 0.5) is 0 Å². The summed E-state index contributed by atoms with van der Waals surface area (Å²) in [6, 6.07) is 8.95. The molecule has 1 amide bonds. The average Bonchev–Trinajstić information content (AvgIpc) is 3.40. The van der Waals surface area contributed by atoms with Gasteiger partial charge in [-0.05, 0) is 81.1 Å². The van der Waals surface area contributed by atoms with Gasteiger partial charge in [0.2, 0.25) is 5.91 Å². The summed E-state index contributed by atoms with van der Waals surface area (Å²) in [5.74, 6) is 0.630. The summed E-state index contributed by atoms with van der Waals surface area (Å²) in [5, 5.41) is 12.5. The second-order valence-corrected chi connectivity index (χ2v) is 10.2. The van der Waals surface area contributed by atoms with E-state index in [9.17, 15) is 14.7 Å². The fraction of sp³-hybridized carbons (Fsp3) is 0.652. The van der Waals surface area contributed by atoms with Crippen molar-refractivity contribution in [1.29, 1.82) is 0 Å². The third-order valence-electron chi connectivity index (χ3n) is 8.10. The van der Waals surface area contributed by atoms with Crippen molar-refractivity contribution < 1.29 is 14.7 Å². The van der Waals surface area contributed by atoms with Crippen LogP contribution in [0.5, 0.6) is 0 Å². The van der Waals surface area contributed by atoms with Gasteiger partial charge in [-0.3, -0.25) is 9.59 Å². The predicted molar refractivity (Wildman–Crippen MR) is 102 cm³/mol. The molecule has 0 saturated heterocycles. The van der Waals surface area contributed by atoms with Crippen LogP contribution in [-0.2, 0) is 15.0 Å². The standard InChI is InChI=1S/C23H29NO3/c1-15-2-4-18(5-3-15)22-9-16-8-17(10-22)12-23(11-16,13-22)19(25)24-14-21(6-7-21)20(26)27/h2-5,16-17H,6-14H2,1H3,(H,24,25)(H,26,27). The second-order valence-electron chi connectivity index (χ2n) is 10.2. The van der Waals surface area contributed by atoms with Crippen LogP contribution in [0.1, 0.15) is 62.5 Å². The molecule has 1 aromatic rings. The fourth-order valence-electron chi connectivity index (χ4n) is 6.83. The van der Waals surface area contributed by atoms with E-state index in [0.29, 0.717) is 31.2 Å². The van der Waals surface area contributed by atoms with Crippen LogP contribution in [0.2, 0.25) is 0 Å². The van der Waals surface area contributed by atoms with Gasteiger partial charge < -0.3 is 10.4 Å². The third-order valence-corrected chi connectivity index (χ3v) is 8.10. The van der Waals surface area contributed by atoms with Gasteiger partial charge >= 0.3 is 5.97 Å². The number of benzene rings is 1. The molecule has 0 radical (unpaired) electrons. The van der Waals surface area contributed by atoms with Crippen molar-refractivity contribution in [2.45, 2.75) is 63.7 Å². The minimum Gasteiger partial charge on any atom is -0.481 e. The Labute approximate surface area is 160 Å². The quantitative estimate of drug-likeness (QED) is 0.831. The van der Waals surface area contributed by atoms with Gasteiger partial charge in [-0.1, -0.05) is 29.8 Å². The highest BCUT2D eigenvalue weighted by Crippen LogP contribution is 2.65. The topological polar surface area (TPSA) is 66.4 Å². The van der Waals surface area contributed by atoms with Crippen molar-refractivity contribution in [3.05, 3.63) is 35.4 Å². The molecular weight excluding hydrogens is 338 g/mol. The van der Waals surface area contributed by atoms with E-state index >= 15 is 0 Å². The normalized spacial score (nSPS) is 37.8. The molecule has 0 spiro atoms. The van der Waals surface area contributed by atoms with Crippen LogP contribution >= 0.6 is 0 Å². The van der Waals surface area contributed by atoms with Crippen molar-refractivity contribution in [2.24, 2.45) is 22.7 Å². The molecule has 6 rings (SSSR count). The summed E-state index contributed by atoms with van der Waals surface area (Å²) >= 11 is 0. The number of carbonyl (C=O) groups excluding carboxylic acids is 1. The zero-order valence-corrected chi connectivity index (χ0v) is 16.1. The second kappa shape index (κ2) is 5.59. The molecule has 5 aliphatic carbocycles. The van der Waals surface area contributed by atoms with Gasteiger partial charge in [0.25, 0.3) is 0 Å². The van der Waals surface area contributed by atoms with E-state index in [1.807, 2.05) is 0 Å². The molecule has 4 bridgehead atoms. The Hall–Kier alpha value is -1.84. The number of carboxylic acid groups (broad SMARTS) is 1. The molecule has 4 heteroatoms. The first kappa shape index (κ1) is 17.3. The lowest BCUT2D eigenvalue weighted by molar-refractivity contribution is -0.150. The number of carbonyl (C=O) groups is 2. The molecule has 27 heavy (non-hydrogen) atoms. The van der Waals surface area contributed by atoms with Crippen molar-refractivity contribution in [1.82, 2.24) is 5.32 Å². The summed E-state index contributed by atoms with van der Waals surface area (Å²) in [6.07, 6.45) is 7.97. The maximum atomic E-state index is 13.3. The van der Waals surface area contributed by atoms with Crippen LogP contribution in [-0.4, -0.2) is 23.5 Å². The molecule has 144 valence electrons. The lowest BCUT2D eigenvalue weighted by atomic mass is 9.42. The van der Waals surface area contributed by atoms with E-state index in [0.717, 1.165) is 19.3 Å². The molecular formula is C23H29NO3. The zero-order valence-electron chi connectivity index (χ0n) is 16.1. The lowest BCUT2D eigenvalue weighted by Gasteiger charge is -2.61. The number of hydrogen-bond donors (Lipinski definition) is 2. The Morgan fingerprint density at radius 1 is 1.07 bits per heavy atom. The average molecular weight is 367 g/mol. The summed E-state index contributed by atoms with van der Waals surface area (Å²) in [6.45, 7) is 2.42. The zero-order chi connectivity index (χ0) is 18.9. The van der Waals surface area contributed by atoms with Crippen LogP contribution in [0.25, 0.3) is 0 Å². The predicted octanol–water partition coefficient (Wildman–Crippen LogP) is 3.81. The Morgan fingerprint density at radius 2 is 1.70 bits per heavy atom. The van der Waals surface area contributed by atoms with Crippen LogP contribution in [0, 0.1) is 29.6 Å². The van der Waals surface area contributed by atoms with Gasteiger partial charge in [0.1, 0.15) is 0 Å². The van der Waals surface area contributed by atoms with Crippen molar-refractivity contribution in [3.63, 3.8) is 0 Å². The molecule has 5 fully saturated rings. The van der Waals surface area contributed by atoms with E-state index in [1.165, 1.54) is 30.4 Å². The Balaban J connectivity index is 1.40. The van der Waals surface area contributed by atoms with Crippen LogP contribution in [0.3, 0.4) is 0 Å². The Kier molecular flexibility index (Phi) is 3.57. The van der Waals surface area contributed by atoms with E-state index in [1.54, 1.807) is 0 Å². The largest absolute Gasteiger partial charge is 0.481 e. The number of carboxylic acids is 1. The highest BCUT2D eigenvalue weighted by Gasteiger charge is 2.61. The van der Waals surface area contributed by atoms with Crippen LogP contribution < -0.4 is 5.32 Å². The molecule has 1 aromatic carbocycles. The van der Waals surface area contributed by atoms with Gasteiger partial charge in [-0.25, -0.2) is 0 Å². The minimum atomic E-state index is -0.760. The highest BCUT2D eigenvalue weighted by atomic mass is 16.4. The summed E-state index contributed by atoms with van der Waals surface area (Å²) in [4.78, 5) is 24.8. The molecule has 2 N–H and O–H groups in total. The van der Waals surface area contributed by atoms with E-state index in [2.05, 4.69) is 36.5 Å². The van der Waals surface area contributed by atoms with Crippen molar-refractivity contribution in [2.75, 3.05) is 6.54 Å². The molecule has 0 aliphatic heterocycles. The first-order valence-corrected chi connectivity index (χ1v) is 10.4. The summed E-state index contributed by atoms with van der Waals surface area (Å²) in [5.41, 5.74) is 1.85. The number of rotatable bonds is 5. The molecule has 4 nitrogen and oxygen atoms in total. The summed E-state index contributed by atoms with van der Waals surface area (Å²) < 4.78 is 0. The number of nitrogens with one attached hydrogen (secondary N) is 1. The van der Waals surface area contributed by atoms with Gasteiger partial charge in [0, 0.05) is 6.54 Å². The maximum absolute atomic E-state index is 13.3. The molecule has 0 aromatic heterocycles. The SMILES string of the molecule is Cc1ccc(C23CC4CC(CC(C(=O)NCC5(C(=O)O)CC5)(C4)C2)C3)cc1. The maximum Gasteiger partial charge on any atom is 0.311 e. The van der Waals surface area contributed by atoms with Crippen molar-refractivity contribution in [3.8, 4) is 0 Å². The first-order valence-electron chi connectivity index (χ1n) is 10.4. The lowest BCUT2D eigenvalue weighted by Crippen LogP contribution is -2.59. The Bertz CT molecular complexity index is 778. The number of aryl methyl sites for hydroxylation is 1. The fourth-order valence-corrected chi connectivity index (χ4v) is 6.83. The number of amides is 1. The van der Waals surface area contributed by atoms with Gasteiger partial charge in [-0.15, -0.1) is 0 Å². The number of aliphatic carboxylic acids is 1. The van der Waals surface area contributed by atoms with Gasteiger partial charge in [-0.2, -0.15) is 0 Å².